The highest BCUT2D eigenvalue weighted by molar-refractivity contribution is 7.92. The molecule has 0 radical (unpaired) electrons. The monoisotopic (exact) mass is 325 g/mol. The van der Waals surface area contributed by atoms with Crippen LogP contribution in [-0.2, 0) is 9.84 Å². The van der Waals surface area contributed by atoms with E-state index in [2.05, 4.69) is 5.32 Å². The summed E-state index contributed by atoms with van der Waals surface area (Å²) in [5, 5.41) is 12.7. The normalized spacial score (nSPS) is 14.1. The van der Waals surface area contributed by atoms with Crippen LogP contribution in [0.4, 0.5) is 18.9 Å². The van der Waals surface area contributed by atoms with Gasteiger partial charge in [0.15, 0.2) is 0 Å². The van der Waals surface area contributed by atoms with Crippen LogP contribution in [0.2, 0.25) is 0 Å². The van der Waals surface area contributed by atoms with E-state index in [9.17, 15) is 26.7 Å². The first-order valence-corrected chi connectivity index (χ1v) is 7.59. The van der Waals surface area contributed by atoms with Crippen molar-refractivity contribution in [3.05, 3.63) is 24.3 Å². The van der Waals surface area contributed by atoms with Gasteiger partial charge in [-0.25, -0.2) is 8.42 Å². The van der Waals surface area contributed by atoms with Crippen LogP contribution in [0.1, 0.15) is 27.7 Å². The molecule has 0 bridgehead atoms. The van der Waals surface area contributed by atoms with Crippen LogP contribution >= 0.6 is 0 Å². The second kappa shape index (κ2) is 5.17. The number of anilines is 1. The third-order valence-electron chi connectivity index (χ3n) is 3.46. The molecule has 21 heavy (non-hydrogen) atoms. The highest BCUT2D eigenvalue weighted by Crippen LogP contribution is 2.36. The zero-order valence-corrected chi connectivity index (χ0v) is 12.9. The van der Waals surface area contributed by atoms with E-state index in [1.807, 2.05) is 0 Å². The van der Waals surface area contributed by atoms with E-state index in [-0.39, 0.29) is 5.69 Å². The second-order valence-electron chi connectivity index (χ2n) is 5.75. The first-order chi connectivity index (χ1) is 9.20. The number of sulfone groups is 1. The zero-order chi connectivity index (χ0) is 16.7. The number of rotatable bonds is 4. The minimum atomic E-state index is -5.47. The van der Waals surface area contributed by atoms with Gasteiger partial charge in [-0.1, -0.05) is 12.1 Å². The molecule has 0 spiro atoms. The quantitative estimate of drug-likeness (QED) is 0.893. The van der Waals surface area contributed by atoms with Gasteiger partial charge in [-0.15, -0.1) is 0 Å². The van der Waals surface area contributed by atoms with Crippen molar-refractivity contribution < 1.29 is 26.7 Å². The SMILES string of the molecule is CC(C)(O)C(C)(C)Nc1ccccc1S(=O)(=O)C(F)(F)F. The Morgan fingerprint density at radius 1 is 1.05 bits per heavy atom. The maximum Gasteiger partial charge on any atom is 0.501 e. The van der Waals surface area contributed by atoms with Gasteiger partial charge in [0.25, 0.3) is 9.84 Å². The first-order valence-electron chi connectivity index (χ1n) is 6.11. The summed E-state index contributed by atoms with van der Waals surface area (Å²) in [6.45, 7) is 6.07. The molecule has 8 heteroatoms. The first kappa shape index (κ1) is 17.8. The Balaban J connectivity index is 3.38. The van der Waals surface area contributed by atoms with E-state index in [0.29, 0.717) is 0 Å². The molecule has 2 N–H and O–H groups in total. The summed E-state index contributed by atoms with van der Waals surface area (Å²) < 4.78 is 61.3. The molecule has 1 aromatic rings. The Morgan fingerprint density at radius 2 is 1.52 bits per heavy atom. The van der Waals surface area contributed by atoms with E-state index >= 15 is 0 Å². The average molecular weight is 325 g/mol. The summed E-state index contributed by atoms with van der Waals surface area (Å²) in [6.07, 6.45) is 0. The smallest absolute Gasteiger partial charge is 0.388 e. The van der Waals surface area contributed by atoms with Crippen molar-refractivity contribution in [2.75, 3.05) is 5.32 Å². The van der Waals surface area contributed by atoms with Crippen molar-refractivity contribution in [1.29, 1.82) is 0 Å². The van der Waals surface area contributed by atoms with Crippen LogP contribution in [0.3, 0.4) is 0 Å². The topological polar surface area (TPSA) is 66.4 Å². The molecule has 0 unspecified atom stereocenters. The van der Waals surface area contributed by atoms with Crippen LogP contribution in [0.5, 0.6) is 0 Å². The number of benzene rings is 1. The maximum atomic E-state index is 12.7. The standard InChI is InChI=1S/C13H18F3NO3S/c1-11(2,12(3,4)18)17-9-7-5-6-8-10(9)21(19,20)13(14,15)16/h5-8,17-18H,1-4H3. The number of hydrogen-bond acceptors (Lipinski definition) is 4. The molecule has 0 atom stereocenters. The Hall–Kier alpha value is -1.28. The fourth-order valence-corrected chi connectivity index (χ4v) is 2.33. The highest BCUT2D eigenvalue weighted by atomic mass is 32.2. The zero-order valence-electron chi connectivity index (χ0n) is 12.1. The molecule has 0 aliphatic rings. The predicted molar refractivity (Wildman–Crippen MR) is 73.7 cm³/mol. The van der Waals surface area contributed by atoms with Crippen molar-refractivity contribution in [1.82, 2.24) is 0 Å². The highest BCUT2D eigenvalue weighted by Gasteiger charge is 2.48. The molecular weight excluding hydrogens is 307 g/mol. The molecule has 120 valence electrons. The molecule has 4 nitrogen and oxygen atoms in total. The number of nitrogens with one attached hydrogen (secondary N) is 1. The maximum absolute atomic E-state index is 12.7. The molecule has 0 aliphatic carbocycles. The van der Waals surface area contributed by atoms with Gasteiger partial charge in [-0.05, 0) is 39.8 Å². The molecule has 0 saturated carbocycles. The van der Waals surface area contributed by atoms with Gasteiger partial charge in [-0.3, -0.25) is 0 Å². The molecule has 0 amide bonds. The molecule has 0 saturated heterocycles. The number of halogens is 3. The fourth-order valence-electron chi connectivity index (χ4n) is 1.42. The Bertz CT molecular complexity index is 616. The summed E-state index contributed by atoms with van der Waals surface area (Å²) in [5.41, 5.74) is -7.93. The molecule has 1 aromatic carbocycles. The number of para-hydroxylation sites is 1. The molecule has 0 heterocycles. The van der Waals surface area contributed by atoms with Crippen molar-refractivity contribution in [3.8, 4) is 0 Å². The summed E-state index contributed by atoms with van der Waals surface area (Å²) in [4.78, 5) is -0.866. The van der Waals surface area contributed by atoms with Crippen LogP contribution in [0.25, 0.3) is 0 Å². The van der Waals surface area contributed by atoms with E-state index < -0.39 is 31.4 Å². The van der Waals surface area contributed by atoms with Crippen LogP contribution in [-0.4, -0.2) is 30.2 Å². The van der Waals surface area contributed by atoms with Crippen molar-refractivity contribution in [2.45, 2.75) is 49.2 Å². The van der Waals surface area contributed by atoms with Crippen LogP contribution in [0, 0.1) is 0 Å². The van der Waals surface area contributed by atoms with Crippen molar-refractivity contribution in [3.63, 3.8) is 0 Å². The van der Waals surface area contributed by atoms with Gasteiger partial charge < -0.3 is 10.4 Å². The largest absolute Gasteiger partial charge is 0.501 e. The Kier molecular flexibility index (Phi) is 4.37. The number of hydrogen-bond donors (Lipinski definition) is 2. The van der Waals surface area contributed by atoms with E-state index in [0.717, 1.165) is 6.07 Å². The Labute approximate surface area is 121 Å². The fraction of sp³-hybridized carbons (Fsp3) is 0.538. The van der Waals surface area contributed by atoms with Gasteiger partial charge in [-0.2, -0.15) is 13.2 Å². The van der Waals surface area contributed by atoms with E-state index in [1.54, 1.807) is 13.8 Å². The lowest BCUT2D eigenvalue weighted by Crippen LogP contribution is -2.51. The van der Waals surface area contributed by atoms with Gasteiger partial charge in [0.05, 0.1) is 21.7 Å². The summed E-state index contributed by atoms with van der Waals surface area (Å²) >= 11 is 0. The molecule has 0 aliphatic heterocycles. The lowest BCUT2D eigenvalue weighted by molar-refractivity contribution is -0.0435. The summed E-state index contributed by atoms with van der Waals surface area (Å²) in [5.74, 6) is 0. The van der Waals surface area contributed by atoms with Gasteiger partial charge in [0.2, 0.25) is 0 Å². The Morgan fingerprint density at radius 3 is 1.95 bits per heavy atom. The third-order valence-corrected chi connectivity index (χ3v) is 5.00. The summed E-state index contributed by atoms with van der Waals surface area (Å²) in [7, 11) is -5.47. The van der Waals surface area contributed by atoms with Gasteiger partial charge >= 0.3 is 5.51 Å². The van der Waals surface area contributed by atoms with Crippen molar-refractivity contribution >= 4 is 15.5 Å². The number of aliphatic hydroxyl groups is 1. The lowest BCUT2D eigenvalue weighted by Gasteiger charge is -2.39. The predicted octanol–water partition coefficient (Wildman–Crippen LogP) is 2.94. The average Bonchev–Trinajstić information content (AvgIpc) is 2.25. The van der Waals surface area contributed by atoms with Gasteiger partial charge in [0, 0.05) is 0 Å². The number of alkyl halides is 3. The van der Waals surface area contributed by atoms with Crippen LogP contribution in [0.15, 0.2) is 29.2 Å². The van der Waals surface area contributed by atoms with E-state index in [1.165, 1.54) is 32.0 Å². The minimum absolute atomic E-state index is 0.207. The molecule has 1 rings (SSSR count). The third kappa shape index (κ3) is 3.49. The van der Waals surface area contributed by atoms with Gasteiger partial charge in [0.1, 0.15) is 0 Å². The molecule has 0 fully saturated rings. The minimum Gasteiger partial charge on any atom is -0.388 e. The van der Waals surface area contributed by atoms with Crippen molar-refractivity contribution in [2.24, 2.45) is 0 Å². The summed E-state index contributed by atoms with van der Waals surface area (Å²) in [6, 6.07) is 4.73. The van der Waals surface area contributed by atoms with E-state index in [4.69, 9.17) is 0 Å². The van der Waals surface area contributed by atoms with Crippen LogP contribution < -0.4 is 5.32 Å². The molecule has 0 aromatic heterocycles. The second-order valence-corrected chi connectivity index (χ2v) is 7.66. The molecular formula is C13H18F3NO3S. The lowest BCUT2D eigenvalue weighted by atomic mass is 9.86.